The lowest BCUT2D eigenvalue weighted by Crippen LogP contribution is -2.32. The number of piperidine rings is 1. The van der Waals surface area contributed by atoms with Crippen LogP contribution in [0.15, 0.2) is 24.3 Å². The molecule has 120 valence electrons. The molecule has 0 atom stereocenters. The molecule has 1 aromatic carbocycles. The third-order valence-corrected chi connectivity index (χ3v) is 3.76. The predicted molar refractivity (Wildman–Crippen MR) is 88.1 cm³/mol. The summed E-state index contributed by atoms with van der Waals surface area (Å²) >= 11 is 0. The van der Waals surface area contributed by atoms with Gasteiger partial charge in [0.05, 0.1) is 0 Å². The van der Waals surface area contributed by atoms with Gasteiger partial charge in [-0.15, -0.1) is 0 Å². The summed E-state index contributed by atoms with van der Waals surface area (Å²) in [6, 6.07) is 6.82. The van der Waals surface area contributed by atoms with E-state index in [9.17, 15) is 9.59 Å². The number of likely N-dealkylation sites (tertiary alicyclic amines) is 1. The van der Waals surface area contributed by atoms with Gasteiger partial charge in [0.1, 0.15) is 0 Å². The second kappa shape index (κ2) is 8.38. The van der Waals surface area contributed by atoms with Crippen LogP contribution in [-0.2, 0) is 4.79 Å². The average molecular weight is 304 g/mol. The second-order valence-corrected chi connectivity index (χ2v) is 5.48. The molecule has 0 unspecified atom stereocenters. The summed E-state index contributed by atoms with van der Waals surface area (Å²) in [6.45, 7) is 3.03. The molecule has 0 aromatic heterocycles. The molecule has 0 spiro atoms. The van der Waals surface area contributed by atoms with Crippen molar-refractivity contribution in [2.45, 2.75) is 25.7 Å². The Morgan fingerprint density at radius 2 is 1.59 bits per heavy atom. The van der Waals surface area contributed by atoms with Crippen LogP contribution in [0.1, 0.15) is 25.7 Å². The molecule has 2 rings (SSSR count). The SMILES string of the molecule is CNC(=O)Nc1ccc(NC(=O)CCN2CCCCC2)cc1. The molecule has 22 heavy (non-hydrogen) atoms. The first kappa shape index (κ1) is 16.3. The predicted octanol–water partition coefficient (Wildman–Crippen LogP) is 2.25. The lowest BCUT2D eigenvalue weighted by molar-refractivity contribution is -0.116. The quantitative estimate of drug-likeness (QED) is 0.781. The number of amides is 3. The van der Waals surface area contributed by atoms with E-state index in [1.54, 1.807) is 31.3 Å². The zero-order chi connectivity index (χ0) is 15.8. The van der Waals surface area contributed by atoms with Crippen molar-refractivity contribution >= 4 is 23.3 Å². The van der Waals surface area contributed by atoms with Gasteiger partial charge >= 0.3 is 6.03 Å². The minimum absolute atomic E-state index is 0.0255. The topological polar surface area (TPSA) is 73.5 Å². The van der Waals surface area contributed by atoms with Crippen LogP contribution in [0.4, 0.5) is 16.2 Å². The van der Waals surface area contributed by atoms with Crippen LogP contribution in [0.3, 0.4) is 0 Å². The molecule has 6 heteroatoms. The monoisotopic (exact) mass is 304 g/mol. The first-order valence-electron chi connectivity index (χ1n) is 7.78. The molecule has 0 aliphatic carbocycles. The minimum Gasteiger partial charge on any atom is -0.341 e. The van der Waals surface area contributed by atoms with Gasteiger partial charge in [-0.05, 0) is 50.2 Å². The molecule has 3 N–H and O–H groups in total. The van der Waals surface area contributed by atoms with Crippen molar-refractivity contribution in [2.75, 3.05) is 37.3 Å². The lowest BCUT2D eigenvalue weighted by atomic mass is 10.1. The molecule has 3 amide bonds. The van der Waals surface area contributed by atoms with Crippen LogP contribution >= 0.6 is 0 Å². The number of carbonyl (C=O) groups excluding carboxylic acids is 2. The van der Waals surface area contributed by atoms with Crippen LogP contribution in [-0.4, -0.2) is 43.5 Å². The zero-order valence-corrected chi connectivity index (χ0v) is 13.0. The Balaban J connectivity index is 1.75. The van der Waals surface area contributed by atoms with E-state index >= 15 is 0 Å². The highest BCUT2D eigenvalue weighted by Crippen LogP contribution is 2.14. The van der Waals surface area contributed by atoms with Crippen molar-refractivity contribution < 1.29 is 9.59 Å². The minimum atomic E-state index is -0.265. The summed E-state index contributed by atoms with van der Waals surface area (Å²) in [6.07, 6.45) is 4.29. The largest absolute Gasteiger partial charge is 0.341 e. The molecule has 0 radical (unpaired) electrons. The highest BCUT2D eigenvalue weighted by atomic mass is 16.2. The van der Waals surface area contributed by atoms with Crippen molar-refractivity contribution in [2.24, 2.45) is 0 Å². The third-order valence-electron chi connectivity index (χ3n) is 3.76. The number of nitrogens with zero attached hydrogens (tertiary/aromatic N) is 1. The van der Waals surface area contributed by atoms with Gasteiger partial charge < -0.3 is 20.9 Å². The maximum atomic E-state index is 11.9. The van der Waals surface area contributed by atoms with Crippen LogP contribution in [0.5, 0.6) is 0 Å². The number of hydrogen-bond acceptors (Lipinski definition) is 3. The molecule has 0 bridgehead atoms. The van der Waals surface area contributed by atoms with Gasteiger partial charge in [-0.2, -0.15) is 0 Å². The summed E-state index contributed by atoms with van der Waals surface area (Å²) in [7, 11) is 1.56. The number of anilines is 2. The Bertz CT molecular complexity index is 495. The van der Waals surface area contributed by atoms with Gasteiger partial charge in [-0.3, -0.25) is 4.79 Å². The fourth-order valence-electron chi connectivity index (χ4n) is 2.50. The standard InChI is InChI=1S/C16H24N4O2/c1-17-16(22)19-14-7-5-13(6-8-14)18-15(21)9-12-20-10-3-2-4-11-20/h5-8H,2-4,9-12H2,1H3,(H,18,21)(H2,17,19,22). The van der Waals surface area contributed by atoms with E-state index in [1.807, 2.05) is 0 Å². The first-order chi connectivity index (χ1) is 10.7. The molecule has 1 fully saturated rings. The highest BCUT2D eigenvalue weighted by Gasteiger charge is 2.11. The van der Waals surface area contributed by atoms with Crippen LogP contribution in [0, 0.1) is 0 Å². The van der Waals surface area contributed by atoms with Gasteiger partial charge in [0.15, 0.2) is 0 Å². The van der Waals surface area contributed by atoms with E-state index in [4.69, 9.17) is 0 Å². The molecule has 1 saturated heterocycles. The lowest BCUT2D eigenvalue weighted by Gasteiger charge is -2.25. The van der Waals surface area contributed by atoms with E-state index in [-0.39, 0.29) is 11.9 Å². The number of benzene rings is 1. The molecular weight excluding hydrogens is 280 g/mol. The van der Waals surface area contributed by atoms with Gasteiger partial charge in [-0.1, -0.05) is 6.42 Å². The van der Waals surface area contributed by atoms with E-state index < -0.39 is 0 Å². The van der Waals surface area contributed by atoms with E-state index in [0.717, 1.165) is 25.3 Å². The average Bonchev–Trinajstić information content (AvgIpc) is 2.55. The molecule has 1 heterocycles. The maximum Gasteiger partial charge on any atom is 0.318 e. The van der Waals surface area contributed by atoms with Crippen LogP contribution in [0.25, 0.3) is 0 Å². The smallest absolute Gasteiger partial charge is 0.318 e. The number of carbonyl (C=O) groups is 2. The molecular formula is C16H24N4O2. The van der Waals surface area contributed by atoms with Crippen LogP contribution in [0.2, 0.25) is 0 Å². The molecule has 1 aromatic rings. The van der Waals surface area contributed by atoms with Gasteiger partial charge in [-0.25, -0.2) is 4.79 Å². The number of urea groups is 1. The van der Waals surface area contributed by atoms with Gasteiger partial charge in [0.25, 0.3) is 0 Å². The second-order valence-electron chi connectivity index (χ2n) is 5.48. The summed E-state index contributed by atoms with van der Waals surface area (Å²) < 4.78 is 0. The molecule has 1 aliphatic rings. The van der Waals surface area contributed by atoms with E-state index in [1.165, 1.54) is 19.3 Å². The number of hydrogen-bond donors (Lipinski definition) is 3. The van der Waals surface area contributed by atoms with E-state index in [2.05, 4.69) is 20.9 Å². The van der Waals surface area contributed by atoms with Gasteiger partial charge in [0, 0.05) is 31.4 Å². The van der Waals surface area contributed by atoms with E-state index in [0.29, 0.717) is 12.1 Å². The zero-order valence-electron chi connectivity index (χ0n) is 13.0. The molecule has 1 aliphatic heterocycles. The molecule has 6 nitrogen and oxygen atoms in total. The highest BCUT2D eigenvalue weighted by molar-refractivity contribution is 5.92. The van der Waals surface area contributed by atoms with Crippen molar-refractivity contribution in [3.63, 3.8) is 0 Å². The van der Waals surface area contributed by atoms with Crippen molar-refractivity contribution in [1.82, 2.24) is 10.2 Å². The number of nitrogens with one attached hydrogen (secondary N) is 3. The Morgan fingerprint density at radius 3 is 2.18 bits per heavy atom. The first-order valence-corrected chi connectivity index (χ1v) is 7.78. The normalized spacial score (nSPS) is 15.1. The van der Waals surface area contributed by atoms with Crippen molar-refractivity contribution in [3.8, 4) is 0 Å². The van der Waals surface area contributed by atoms with Crippen LogP contribution < -0.4 is 16.0 Å². The summed E-state index contributed by atoms with van der Waals surface area (Å²) in [5, 5.41) is 8.04. The van der Waals surface area contributed by atoms with Gasteiger partial charge in [0.2, 0.25) is 5.91 Å². The molecule has 0 saturated carbocycles. The Labute approximate surface area is 131 Å². The fourth-order valence-corrected chi connectivity index (χ4v) is 2.50. The fraction of sp³-hybridized carbons (Fsp3) is 0.500. The summed E-state index contributed by atoms with van der Waals surface area (Å²) in [5.41, 5.74) is 1.43. The Kier molecular flexibility index (Phi) is 6.21. The van der Waals surface area contributed by atoms with Crippen molar-refractivity contribution in [1.29, 1.82) is 0 Å². The maximum absolute atomic E-state index is 11.9. The van der Waals surface area contributed by atoms with Crippen molar-refractivity contribution in [3.05, 3.63) is 24.3 Å². The Morgan fingerprint density at radius 1 is 1.00 bits per heavy atom. The number of rotatable bonds is 5. The third kappa shape index (κ3) is 5.37. The summed E-state index contributed by atoms with van der Waals surface area (Å²) in [5.74, 6) is 0.0255. The summed E-state index contributed by atoms with van der Waals surface area (Å²) in [4.78, 5) is 25.5. The Hall–Kier alpha value is -2.08.